The Morgan fingerprint density at radius 1 is 1.30 bits per heavy atom. The van der Waals surface area contributed by atoms with Crippen LogP contribution in [0.3, 0.4) is 0 Å². The molecular formula is C24H26FN7O5. The Labute approximate surface area is 211 Å². The van der Waals surface area contributed by atoms with Gasteiger partial charge in [0.1, 0.15) is 11.3 Å². The van der Waals surface area contributed by atoms with E-state index in [1.165, 1.54) is 15.6 Å². The average molecular weight is 512 g/mol. The first kappa shape index (κ1) is 24.4. The summed E-state index contributed by atoms with van der Waals surface area (Å²) in [7, 11) is 1.65. The van der Waals surface area contributed by atoms with Crippen molar-refractivity contribution in [2.24, 2.45) is 12.8 Å². The first-order valence-corrected chi connectivity index (χ1v) is 11.6. The Bertz CT molecular complexity index is 1420. The molecule has 0 bridgehead atoms. The third kappa shape index (κ3) is 4.20. The number of amides is 1. The number of esters is 1. The van der Waals surface area contributed by atoms with Crippen molar-refractivity contribution in [2.45, 2.75) is 31.7 Å². The van der Waals surface area contributed by atoms with Crippen LogP contribution in [0, 0.1) is 5.82 Å². The van der Waals surface area contributed by atoms with E-state index in [1.807, 2.05) is 6.07 Å². The van der Waals surface area contributed by atoms with Crippen LogP contribution in [0.1, 0.15) is 19.4 Å². The van der Waals surface area contributed by atoms with Gasteiger partial charge in [-0.1, -0.05) is 0 Å². The Kier molecular flexibility index (Phi) is 5.74. The number of rotatable bonds is 5. The van der Waals surface area contributed by atoms with Gasteiger partial charge in [0.05, 0.1) is 12.1 Å². The van der Waals surface area contributed by atoms with Crippen LogP contribution in [0.2, 0.25) is 0 Å². The molecule has 13 heteroatoms. The van der Waals surface area contributed by atoms with Crippen molar-refractivity contribution >= 4 is 46.4 Å². The van der Waals surface area contributed by atoms with Crippen LogP contribution < -0.4 is 20.9 Å². The van der Waals surface area contributed by atoms with E-state index in [4.69, 9.17) is 15.2 Å². The first-order valence-electron chi connectivity index (χ1n) is 11.6. The Morgan fingerprint density at radius 2 is 2.08 bits per heavy atom. The van der Waals surface area contributed by atoms with Crippen molar-refractivity contribution in [1.29, 1.82) is 0 Å². The van der Waals surface area contributed by atoms with Gasteiger partial charge in [0, 0.05) is 67.3 Å². The fraction of sp³-hybridized carbons (Fsp3) is 0.375. The van der Waals surface area contributed by atoms with Crippen LogP contribution in [0.5, 0.6) is 0 Å². The van der Waals surface area contributed by atoms with Gasteiger partial charge in [-0.15, -0.1) is 0 Å². The summed E-state index contributed by atoms with van der Waals surface area (Å²) in [6, 6.07) is 4.59. The third-order valence-electron chi connectivity index (χ3n) is 6.48. The number of hydrogen-bond donors (Lipinski definition) is 2. The Hall–Kier alpha value is -4.26. The van der Waals surface area contributed by atoms with E-state index >= 15 is 4.39 Å². The zero-order valence-corrected chi connectivity index (χ0v) is 20.5. The highest BCUT2D eigenvalue weighted by Crippen LogP contribution is 2.48. The highest BCUT2D eigenvalue weighted by molar-refractivity contribution is 6.31. The molecule has 37 heavy (non-hydrogen) atoms. The molecule has 0 spiro atoms. The normalized spacial score (nSPS) is 20.5. The molecule has 2 aliphatic heterocycles. The summed E-state index contributed by atoms with van der Waals surface area (Å²) in [5, 5.41) is 8.02. The number of aryl methyl sites for hydroxylation is 1. The van der Waals surface area contributed by atoms with Crippen LogP contribution in [0.25, 0.3) is 10.9 Å². The predicted molar refractivity (Wildman–Crippen MR) is 130 cm³/mol. The molecule has 4 heterocycles. The van der Waals surface area contributed by atoms with Gasteiger partial charge in [0.2, 0.25) is 0 Å². The van der Waals surface area contributed by atoms with Crippen molar-refractivity contribution < 1.29 is 28.2 Å². The highest BCUT2D eigenvalue weighted by Gasteiger charge is 2.54. The second-order valence-electron chi connectivity index (χ2n) is 9.73. The number of benzene rings is 1. The van der Waals surface area contributed by atoms with Gasteiger partial charge in [0.15, 0.2) is 5.82 Å². The lowest BCUT2D eigenvalue weighted by atomic mass is 10.0. The van der Waals surface area contributed by atoms with Crippen LogP contribution in [-0.4, -0.2) is 64.2 Å². The molecule has 0 saturated carbocycles. The molecule has 1 atom stereocenters. The summed E-state index contributed by atoms with van der Waals surface area (Å²) in [6.07, 6.45) is 3.01. The summed E-state index contributed by atoms with van der Waals surface area (Å²) in [6.45, 7) is 6.31. The summed E-state index contributed by atoms with van der Waals surface area (Å²) in [4.78, 5) is 43.7. The van der Waals surface area contributed by atoms with Crippen molar-refractivity contribution in [1.82, 2.24) is 20.1 Å². The van der Waals surface area contributed by atoms with Gasteiger partial charge in [-0.05, 0) is 26.0 Å². The monoisotopic (exact) mass is 511 g/mol. The Balaban J connectivity index is 1.71. The quantitative estimate of drug-likeness (QED) is 0.219. The number of ether oxygens (including phenoxy) is 2. The van der Waals surface area contributed by atoms with Gasteiger partial charge in [0.25, 0.3) is 6.47 Å². The molecule has 1 unspecified atom stereocenters. The van der Waals surface area contributed by atoms with Crippen LogP contribution in [0.15, 0.2) is 30.6 Å². The SMILES string of the molecule is Cn1cc2cc(N3c4nccc(N5CCNC(C)(C)C5)c4CC3(OC=O)OC(=O)C(N)=O)cc(F)c2n1. The minimum absolute atomic E-state index is 0.0969. The number of aromatic nitrogens is 3. The number of nitrogens with zero attached hydrogens (tertiary/aromatic N) is 5. The van der Waals surface area contributed by atoms with E-state index < -0.39 is 23.6 Å². The zero-order valence-electron chi connectivity index (χ0n) is 20.5. The average Bonchev–Trinajstić information content (AvgIpc) is 3.35. The first-order chi connectivity index (χ1) is 17.5. The number of piperazine rings is 1. The molecular weight excluding hydrogens is 485 g/mol. The van der Waals surface area contributed by atoms with Crippen LogP contribution in [-0.2, 0) is 37.3 Å². The van der Waals surface area contributed by atoms with E-state index in [0.29, 0.717) is 24.0 Å². The number of hydrogen-bond acceptors (Lipinski definition) is 10. The molecule has 1 fully saturated rings. The van der Waals surface area contributed by atoms with Crippen LogP contribution >= 0.6 is 0 Å². The number of primary amides is 1. The van der Waals surface area contributed by atoms with Gasteiger partial charge in [-0.2, -0.15) is 5.10 Å². The van der Waals surface area contributed by atoms with Crippen molar-refractivity contribution in [2.75, 3.05) is 29.4 Å². The second-order valence-corrected chi connectivity index (χ2v) is 9.73. The van der Waals surface area contributed by atoms with E-state index in [0.717, 1.165) is 12.2 Å². The molecule has 2 aliphatic rings. The number of fused-ring (bicyclic) bond motifs is 2. The number of nitrogens with one attached hydrogen (secondary N) is 1. The van der Waals surface area contributed by atoms with Gasteiger partial charge < -0.3 is 25.4 Å². The number of carbonyl (C=O) groups is 3. The number of halogens is 1. The lowest BCUT2D eigenvalue weighted by Crippen LogP contribution is -2.57. The van der Waals surface area contributed by atoms with E-state index in [-0.39, 0.29) is 35.5 Å². The van der Waals surface area contributed by atoms with Gasteiger partial charge >= 0.3 is 17.8 Å². The number of anilines is 3. The van der Waals surface area contributed by atoms with E-state index in [9.17, 15) is 14.4 Å². The zero-order chi connectivity index (χ0) is 26.5. The van der Waals surface area contributed by atoms with Gasteiger partial charge in [-0.25, -0.2) is 14.2 Å². The molecule has 194 valence electrons. The molecule has 5 rings (SSSR count). The summed E-state index contributed by atoms with van der Waals surface area (Å²) in [5.74, 6) is -5.35. The summed E-state index contributed by atoms with van der Waals surface area (Å²) >= 11 is 0. The molecule has 0 aliphatic carbocycles. The van der Waals surface area contributed by atoms with Gasteiger partial charge in [-0.3, -0.25) is 19.2 Å². The smallest absolute Gasteiger partial charge is 0.401 e. The lowest BCUT2D eigenvalue weighted by molar-refractivity contribution is -0.214. The molecule has 1 amide bonds. The fourth-order valence-corrected chi connectivity index (χ4v) is 5.06. The van der Waals surface area contributed by atoms with Crippen molar-refractivity contribution in [3.8, 4) is 0 Å². The molecule has 3 aromatic rings. The van der Waals surface area contributed by atoms with Crippen LogP contribution in [0.4, 0.5) is 21.6 Å². The predicted octanol–water partition coefficient (Wildman–Crippen LogP) is 0.845. The summed E-state index contributed by atoms with van der Waals surface area (Å²) in [5.41, 5.74) is 6.64. The molecule has 1 aromatic carbocycles. The number of nitrogens with two attached hydrogens (primary N) is 1. The molecule has 1 saturated heterocycles. The molecule has 3 N–H and O–H groups in total. The number of carbonyl (C=O) groups excluding carboxylic acids is 3. The van der Waals surface area contributed by atoms with Crippen molar-refractivity contribution in [3.05, 3.63) is 42.0 Å². The molecule has 2 aromatic heterocycles. The molecule has 0 radical (unpaired) electrons. The Morgan fingerprint density at radius 3 is 2.78 bits per heavy atom. The largest absolute Gasteiger partial charge is 0.405 e. The fourth-order valence-electron chi connectivity index (χ4n) is 5.06. The highest BCUT2D eigenvalue weighted by atomic mass is 19.1. The lowest BCUT2D eigenvalue weighted by Gasteiger charge is -2.41. The maximum atomic E-state index is 15.1. The second kappa shape index (κ2) is 8.69. The topological polar surface area (TPSA) is 145 Å². The maximum absolute atomic E-state index is 15.1. The minimum atomic E-state index is -2.18. The van der Waals surface area contributed by atoms with E-state index in [1.54, 1.807) is 25.5 Å². The van der Waals surface area contributed by atoms with E-state index in [2.05, 4.69) is 34.1 Å². The summed E-state index contributed by atoms with van der Waals surface area (Å²) < 4.78 is 27.4. The molecule has 12 nitrogen and oxygen atoms in total. The standard InChI is InChI=1S/C24H26FN7O5/c1-23(2)12-31(7-6-28-23)18-4-5-27-21-16(18)10-24(36-13-33,37-22(35)20(26)34)32(21)15-8-14-11-30(3)29-19(14)17(25)9-15/h4-5,8-9,11,13,28H,6-7,10,12H2,1-3H3,(H2,26,34). The maximum Gasteiger partial charge on any atom is 0.401 e. The third-order valence-corrected chi connectivity index (χ3v) is 6.48. The number of pyridine rings is 1. The minimum Gasteiger partial charge on any atom is -0.405 e. The van der Waals surface area contributed by atoms with Crippen molar-refractivity contribution in [3.63, 3.8) is 0 Å².